The molecule has 2 unspecified atom stereocenters. The first-order valence-corrected chi connectivity index (χ1v) is 16.1. The Labute approximate surface area is 230 Å². The van der Waals surface area contributed by atoms with Gasteiger partial charge < -0.3 is 4.74 Å². The third-order valence-electron chi connectivity index (χ3n) is 8.03. The van der Waals surface area contributed by atoms with Crippen molar-refractivity contribution in [1.29, 1.82) is 0 Å². The Morgan fingerprint density at radius 1 is 0.459 bits per heavy atom. The lowest BCUT2D eigenvalue weighted by Gasteiger charge is -2.29. The van der Waals surface area contributed by atoms with E-state index in [1.165, 1.54) is 112 Å². The fraction of sp³-hybridized carbons (Fsp3) is 0.667. The molecule has 1 nitrogen and oxygen atoms in total. The van der Waals surface area contributed by atoms with E-state index in [2.05, 4.69) is 76.2 Å². The fourth-order valence-electron chi connectivity index (χ4n) is 5.71. The van der Waals surface area contributed by atoms with E-state index in [-0.39, 0.29) is 12.2 Å². The Morgan fingerprint density at radius 2 is 0.811 bits per heavy atom. The fourth-order valence-corrected chi connectivity index (χ4v) is 5.71. The summed E-state index contributed by atoms with van der Waals surface area (Å²) >= 11 is 0. The van der Waals surface area contributed by atoms with E-state index in [9.17, 15) is 0 Å². The predicted molar refractivity (Wildman–Crippen MR) is 163 cm³/mol. The minimum atomic E-state index is 0.186. The monoisotopic (exact) mass is 506 g/mol. The summed E-state index contributed by atoms with van der Waals surface area (Å²) in [6, 6.07) is 18.1. The van der Waals surface area contributed by atoms with Gasteiger partial charge in [-0.3, -0.25) is 0 Å². The molecule has 0 aliphatic rings. The lowest BCUT2D eigenvalue weighted by Crippen LogP contribution is -2.14. The average molecular weight is 507 g/mol. The van der Waals surface area contributed by atoms with Crippen LogP contribution in [0.3, 0.4) is 0 Å². The number of ether oxygens (including phenoxy) is 1. The highest BCUT2D eigenvalue weighted by atomic mass is 16.5. The summed E-state index contributed by atoms with van der Waals surface area (Å²) < 4.78 is 7.20. The highest BCUT2D eigenvalue weighted by molar-refractivity contribution is 5.31. The third-order valence-corrected chi connectivity index (χ3v) is 8.03. The van der Waals surface area contributed by atoms with Gasteiger partial charge in [0.25, 0.3) is 0 Å². The molecule has 1 heteroatoms. The smallest absolute Gasteiger partial charge is 0.0836 e. The van der Waals surface area contributed by atoms with Gasteiger partial charge in [0.2, 0.25) is 0 Å². The minimum Gasteiger partial charge on any atom is -0.366 e. The van der Waals surface area contributed by atoms with Gasteiger partial charge in [-0.1, -0.05) is 166 Å². The molecule has 0 spiro atoms. The van der Waals surface area contributed by atoms with Gasteiger partial charge in [0.05, 0.1) is 12.2 Å². The zero-order valence-electron chi connectivity index (χ0n) is 24.9. The SMILES string of the molecule is CCCCCCCCCC(OC(CCCCCCCCC)c1ccccc1CC)c1ccccc1CC. The van der Waals surface area contributed by atoms with Crippen LogP contribution in [0.25, 0.3) is 0 Å². The molecule has 208 valence electrons. The lowest BCUT2D eigenvalue weighted by atomic mass is 9.93. The molecule has 0 aliphatic heterocycles. The van der Waals surface area contributed by atoms with Crippen LogP contribution in [0.2, 0.25) is 0 Å². The first-order valence-electron chi connectivity index (χ1n) is 16.1. The molecule has 0 N–H and O–H groups in total. The van der Waals surface area contributed by atoms with Crippen LogP contribution in [-0.4, -0.2) is 0 Å². The van der Waals surface area contributed by atoms with Gasteiger partial charge in [0.1, 0.15) is 0 Å². The second kappa shape index (κ2) is 20.4. The van der Waals surface area contributed by atoms with E-state index < -0.39 is 0 Å². The van der Waals surface area contributed by atoms with E-state index >= 15 is 0 Å². The molecule has 37 heavy (non-hydrogen) atoms. The van der Waals surface area contributed by atoms with Crippen molar-refractivity contribution in [3.8, 4) is 0 Å². The molecule has 2 rings (SSSR count). The van der Waals surface area contributed by atoms with Crippen LogP contribution in [0.15, 0.2) is 48.5 Å². The molecule has 0 heterocycles. The number of hydrogen-bond donors (Lipinski definition) is 0. The van der Waals surface area contributed by atoms with Gasteiger partial charge >= 0.3 is 0 Å². The molecular formula is C36H58O. The normalized spacial score (nSPS) is 13.1. The summed E-state index contributed by atoms with van der Waals surface area (Å²) in [6.45, 7) is 9.16. The molecule has 0 aliphatic carbocycles. The van der Waals surface area contributed by atoms with Crippen molar-refractivity contribution >= 4 is 0 Å². The Morgan fingerprint density at radius 3 is 1.19 bits per heavy atom. The zero-order valence-corrected chi connectivity index (χ0v) is 24.9. The van der Waals surface area contributed by atoms with Crippen LogP contribution in [0.5, 0.6) is 0 Å². The van der Waals surface area contributed by atoms with E-state index in [1.54, 1.807) is 0 Å². The Bertz CT molecular complexity index is 742. The highest BCUT2D eigenvalue weighted by Crippen LogP contribution is 2.37. The molecule has 2 aromatic carbocycles. The first kappa shape index (κ1) is 31.6. The van der Waals surface area contributed by atoms with Gasteiger partial charge in [-0.25, -0.2) is 0 Å². The average Bonchev–Trinajstić information content (AvgIpc) is 2.94. The molecule has 0 amide bonds. The number of rotatable bonds is 22. The number of benzene rings is 2. The molecule has 0 fully saturated rings. The third kappa shape index (κ3) is 12.2. The summed E-state index contributed by atoms with van der Waals surface area (Å²) in [5, 5.41) is 0. The van der Waals surface area contributed by atoms with Gasteiger partial charge in [0.15, 0.2) is 0 Å². The topological polar surface area (TPSA) is 9.23 Å². The highest BCUT2D eigenvalue weighted by Gasteiger charge is 2.23. The number of aryl methyl sites for hydroxylation is 2. The first-order chi connectivity index (χ1) is 18.2. The Balaban J connectivity index is 2.13. The zero-order chi connectivity index (χ0) is 26.6. The van der Waals surface area contributed by atoms with Crippen molar-refractivity contribution in [3.05, 3.63) is 70.8 Å². The molecule has 0 aromatic heterocycles. The second-order valence-electron chi connectivity index (χ2n) is 11.0. The van der Waals surface area contributed by atoms with Crippen molar-refractivity contribution in [1.82, 2.24) is 0 Å². The maximum atomic E-state index is 7.20. The Hall–Kier alpha value is -1.60. The van der Waals surface area contributed by atoms with Gasteiger partial charge in [-0.05, 0) is 47.9 Å². The maximum absolute atomic E-state index is 7.20. The van der Waals surface area contributed by atoms with Crippen molar-refractivity contribution in [2.75, 3.05) is 0 Å². The number of hydrogen-bond acceptors (Lipinski definition) is 1. The van der Waals surface area contributed by atoms with Gasteiger partial charge in [0, 0.05) is 0 Å². The maximum Gasteiger partial charge on any atom is 0.0836 e. The lowest BCUT2D eigenvalue weighted by molar-refractivity contribution is -0.0272. The van der Waals surface area contributed by atoms with E-state index in [4.69, 9.17) is 4.74 Å². The van der Waals surface area contributed by atoms with Crippen LogP contribution in [-0.2, 0) is 17.6 Å². The van der Waals surface area contributed by atoms with Crippen LogP contribution in [0.1, 0.15) is 165 Å². The molecule has 0 saturated heterocycles. The molecule has 2 aromatic rings. The van der Waals surface area contributed by atoms with Crippen molar-refractivity contribution in [2.45, 2.75) is 155 Å². The van der Waals surface area contributed by atoms with Crippen LogP contribution in [0, 0.1) is 0 Å². The summed E-state index contributed by atoms with van der Waals surface area (Å²) in [4.78, 5) is 0. The summed E-state index contributed by atoms with van der Waals surface area (Å²) in [7, 11) is 0. The number of unbranched alkanes of at least 4 members (excludes halogenated alkanes) is 12. The molecule has 0 radical (unpaired) electrons. The van der Waals surface area contributed by atoms with E-state index in [0.29, 0.717) is 0 Å². The molecular weight excluding hydrogens is 448 g/mol. The summed E-state index contributed by atoms with van der Waals surface area (Å²) in [6.07, 6.45) is 23.6. The molecule has 0 bridgehead atoms. The van der Waals surface area contributed by atoms with Gasteiger partial charge in [-0.15, -0.1) is 0 Å². The summed E-state index contributed by atoms with van der Waals surface area (Å²) in [5.41, 5.74) is 5.76. The van der Waals surface area contributed by atoms with Crippen LogP contribution in [0.4, 0.5) is 0 Å². The van der Waals surface area contributed by atoms with E-state index in [0.717, 1.165) is 25.7 Å². The summed E-state index contributed by atoms with van der Waals surface area (Å²) in [5.74, 6) is 0. The largest absolute Gasteiger partial charge is 0.366 e. The quantitative estimate of drug-likeness (QED) is 0.144. The standard InChI is InChI=1S/C36H58O/c1-5-9-11-13-15-17-19-29-35(33-27-23-21-25-31(33)7-3)37-36(30-20-18-16-14-12-10-6-2)34-28-24-22-26-32(34)8-4/h21-28,35-36H,5-20,29-30H2,1-4H3. The molecule has 2 atom stereocenters. The van der Waals surface area contributed by atoms with Crippen LogP contribution < -0.4 is 0 Å². The van der Waals surface area contributed by atoms with Crippen molar-refractivity contribution in [2.24, 2.45) is 0 Å². The predicted octanol–water partition coefficient (Wildman–Crippen LogP) is 11.9. The van der Waals surface area contributed by atoms with Crippen molar-refractivity contribution < 1.29 is 4.74 Å². The minimum absolute atomic E-state index is 0.186. The Kier molecular flexibility index (Phi) is 17.4. The van der Waals surface area contributed by atoms with Gasteiger partial charge in [-0.2, -0.15) is 0 Å². The van der Waals surface area contributed by atoms with E-state index in [1.807, 2.05) is 0 Å². The second-order valence-corrected chi connectivity index (χ2v) is 11.0. The van der Waals surface area contributed by atoms with Crippen molar-refractivity contribution in [3.63, 3.8) is 0 Å². The van der Waals surface area contributed by atoms with Crippen LogP contribution >= 0.6 is 0 Å². The molecule has 0 saturated carbocycles.